The highest BCUT2D eigenvalue weighted by molar-refractivity contribution is 6.39. The van der Waals surface area contributed by atoms with Crippen molar-refractivity contribution >= 4 is 58.1 Å². The first-order chi connectivity index (χ1) is 14.0. The predicted octanol–water partition coefficient (Wildman–Crippen LogP) is 5.89. The summed E-state index contributed by atoms with van der Waals surface area (Å²) in [4.78, 5) is 21.2. The fourth-order valence-electron chi connectivity index (χ4n) is 2.96. The molecule has 0 saturated heterocycles. The van der Waals surface area contributed by atoms with E-state index in [0.29, 0.717) is 43.6 Å². The van der Waals surface area contributed by atoms with Crippen LogP contribution in [0.4, 0.5) is 11.5 Å². The van der Waals surface area contributed by atoms with Crippen LogP contribution in [0.25, 0.3) is 17.0 Å². The maximum absolute atomic E-state index is 12.4. The molecule has 2 heterocycles. The number of rotatable bonds is 4. The number of anilines is 2. The Labute approximate surface area is 181 Å². The lowest BCUT2D eigenvalue weighted by Gasteiger charge is -2.14. The van der Waals surface area contributed by atoms with Crippen LogP contribution in [0.1, 0.15) is 10.4 Å². The average Bonchev–Trinajstić information content (AvgIpc) is 3.08. The van der Waals surface area contributed by atoms with Gasteiger partial charge in [-0.3, -0.25) is 4.40 Å². The number of para-hydroxylation sites is 1. The maximum Gasteiger partial charge on any atom is 0.338 e. The molecule has 0 atom stereocenters. The molecule has 0 saturated carbocycles. The van der Waals surface area contributed by atoms with Crippen LogP contribution >= 0.6 is 34.8 Å². The first kappa shape index (κ1) is 19.5. The van der Waals surface area contributed by atoms with Crippen molar-refractivity contribution in [3.63, 3.8) is 0 Å². The number of halogens is 3. The number of nitrogens with zero attached hydrogens (tertiary/aromatic N) is 3. The van der Waals surface area contributed by atoms with Gasteiger partial charge in [0, 0.05) is 18.0 Å². The van der Waals surface area contributed by atoms with Crippen LogP contribution in [-0.2, 0) is 4.74 Å². The van der Waals surface area contributed by atoms with Gasteiger partial charge in [-0.05, 0) is 30.3 Å². The van der Waals surface area contributed by atoms with Crippen molar-refractivity contribution in [3.8, 4) is 11.3 Å². The third kappa shape index (κ3) is 3.51. The lowest BCUT2D eigenvalue weighted by Crippen LogP contribution is -2.05. The molecule has 0 aliphatic rings. The average molecular weight is 448 g/mol. The van der Waals surface area contributed by atoms with Gasteiger partial charge in [-0.1, -0.05) is 46.9 Å². The minimum absolute atomic E-state index is 0.275. The molecule has 0 radical (unpaired) electrons. The molecular formula is C20H13Cl3N4O2. The number of methoxy groups -OCH3 is 1. The summed E-state index contributed by atoms with van der Waals surface area (Å²) >= 11 is 19.2. The van der Waals surface area contributed by atoms with Crippen LogP contribution in [0.15, 0.2) is 54.9 Å². The number of nitrogens with one attached hydrogen (secondary N) is 1. The van der Waals surface area contributed by atoms with Crippen molar-refractivity contribution in [1.82, 2.24) is 14.4 Å². The molecule has 0 aliphatic heterocycles. The highest BCUT2D eigenvalue weighted by Gasteiger charge is 2.24. The van der Waals surface area contributed by atoms with E-state index in [-0.39, 0.29) is 5.56 Å². The van der Waals surface area contributed by atoms with E-state index in [4.69, 9.17) is 39.5 Å². The highest BCUT2D eigenvalue weighted by atomic mass is 35.5. The lowest BCUT2D eigenvalue weighted by molar-refractivity contribution is 0.0601. The molecule has 6 nitrogen and oxygen atoms in total. The van der Waals surface area contributed by atoms with Crippen LogP contribution in [-0.4, -0.2) is 27.4 Å². The van der Waals surface area contributed by atoms with Crippen molar-refractivity contribution in [2.45, 2.75) is 0 Å². The maximum atomic E-state index is 12.4. The van der Waals surface area contributed by atoms with Gasteiger partial charge < -0.3 is 10.1 Å². The minimum Gasteiger partial charge on any atom is -0.465 e. The molecule has 1 N–H and O–H groups in total. The fourth-order valence-corrected chi connectivity index (χ4v) is 3.72. The van der Waals surface area contributed by atoms with Gasteiger partial charge in [0.15, 0.2) is 0 Å². The van der Waals surface area contributed by atoms with Crippen molar-refractivity contribution in [3.05, 3.63) is 75.5 Å². The zero-order valence-electron chi connectivity index (χ0n) is 15.0. The first-order valence-electron chi connectivity index (χ1n) is 8.42. The summed E-state index contributed by atoms with van der Waals surface area (Å²) in [7, 11) is 1.31. The van der Waals surface area contributed by atoms with E-state index in [1.807, 2.05) is 0 Å². The summed E-state index contributed by atoms with van der Waals surface area (Å²) in [5.41, 5.74) is 1.59. The van der Waals surface area contributed by atoms with Gasteiger partial charge in [0.2, 0.25) is 5.78 Å². The Balaban J connectivity index is 2.01. The number of ether oxygens (including phenoxy) is 1. The number of carbonyl (C=O) groups is 1. The molecule has 4 rings (SSSR count). The zero-order chi connectivity index (χ0) is 20.5. The zero-order valence-corrected chi connectivity index (χ0v) is 17.3. The molecule has 0 amide bonds. The van der Waals surface area contributed by atoms with E-state index in [1.54, 1.807) is 59.3 Å². The minimum atomic E-state index is -0.533. The summed E-state index contributed by atoms with van der Waals surface area (Å²) < 4.78 is 6.64. The number of carbonyl (C=O) groups excluding carboxylic acids is 1. The molecule has 2 aromatic heterocycles. The second kappa shape index (κ2) is 7.91. The van der Waals surface area contributed by atoms with Crippen molar-refractivity contribution in [1.29, 1.82) is 0 Å². The van der Waals surface area contributed by atoms with E-state index >= 15 is 0 Å². The Morgan fingerprint density at radius 2 is 1.72 bits per heavy atom. The van der Waals surface area contributed by atoms with E-state index in [9.17, 15) is 4.79 Å². The van der Waals surface area contributed by atoms with E-state index in [0.717, 1.165) is 0 Å². The number of benzene rings is 2. The van der Waals surface area contributed by atoms with Gasteiger partial charge in [0.25, 0.3) is 0 Å². The number of imidazole rings is 1. The first-order valence-corrected chi connectivity index (χ1v) is 9.56. The van der Waals surface area contributed by atoms with E-state index in [1.165, 1.54) is 7.11 Å². The summed E-state index contributed by atoms with van der Waals surface area (Å²) in [6.07, 6.45) is 3.40. The SMILES string of the molecule is COC(=O)c1cccc(Cl)c1-c1nc2ncccn2c1Nc1c(Cl)cccc1Cl. The second-order valence-electron chi connectivity index (χ2n) is 5.97. The monoisotopic (exact) mass is 446 g/mol. The summed E-state index contributed by atoms with van der Waals surface area (Å²) in [6.45, 7) is 0. The Morgan fingerprint density at radius 1 is 1.03 bits per heavy atom. The standard InChI is InChI=1S/C20H13Cl3N4O2/c1-29-19(28)11-5-2-6-12(21)15(11)17-18(27-10-4-9-24-20(27)26-17)25-16-13(22)7-3-8-14(16)23/h2-10,25H,1H3. The fraction of sp³-hybridized carbons (Fsp3) is 0.0500. The van der Waals surface area contributed by atoms with Gasteiger partial charge in [-0.15, -0.1) is 0 Å². The largest absolute Gasteiger partial charge is 0.465 e. The second-order valence-corrected chi connectivity index (χ2v) is 7.20. The lowest BCUT2D eigenvalue weighted by atomic mass is 10.0. The van der Waals surface area contributed by atoms with Gasteiger partial charge in [-0.25, -0.2) is 14.8 Å². The van der Waals surface area contributed by atoms with Crippen molar-refractivity contribution < 1.29 is 9.53 Å². The molecule has 9 heteroatoms. The molecule has 4 aromatic rings. The van der Waals surface area contributed by atoms with Gasteiger partial charge in [0.05, 0.1) is 33.4 Å². The molecule has 0 spiro atoms. The van der Waals surface area contributed by atoms with Crippen molar-refractivity contribution in [2.75, 3.05) is 12.4 Å². The van der Waals surface area contributed by atoms with Crippen LogP contribution in [0.5, 0.6) is 0 Å². The highest BCUT2D eigenvalue weighted by Crippen LogP contribution is 2.40. The van der Waals surface area contributed by atoms with Gasteiger partial charge in [-0.2, -0.15) is 0 Å². The quantitative estimate of drug-likeness (QED) is 0.395. The Hall–Kier alpha value is -2.80. The third-order valence-electron chi connectivity index (χ3n) is 4.27. The predicted molar refractivity (Wildman–Crippen MR) is 115 cm³/mol. The van der Waals surface area contributed by atoms with Gasteiger partial charge >= 0.3 is 5.97 Å². The molecule has 146 valence electrons. The Kier molecular flexibility index (Phi) is 5.32. The van der Waals surface area contributed by atoms with Crippen LogP contribution < -0.4 is 5.32 Å². The molecule has 0 aliphatic carbocycles. The van der Waals surface area contributed by atoms with Gasteiger partial charge in [0.1, 0.15) is 11.5 Å². The van der Waals surface area contributed by atoms with Crippen LogP contribution in [0.3, 0.4) is 0 Å². The number of fused-ring (bicyclic) bond motifs is 1. The van der Waals surface area contributed by atoms with Crippen LogP contribution in [0.2, 0.25) is 15.1 Å². The molecule has 2 aromatic carbocycles. The number of hydrogen-bond donors (Lipinski definition) is 1. The summed E-state index contributed by atoms with van der Waals surface area (Å²) in [5, 5.41) is 4.42. The molecule has 29 heavy (non-hydrogen) atoms. The Bertz CT molecular complexity index is 1220. The number of esters is 1. The number of hydrogen-bond acceptors (Lipinski definition) is 5. The van der Waals surface area contributed by atoms with E-state index < -0.39 is 5.97 Å². The molecular weight excluding hydrogens is 435 g/mol. The molecule has 0 fully saturated rings. The summed E-state index contributed by atoms with van der Waals surface area (Å²) in [6, 6.07) is 11.9. The molecule has 0 unspecified atom stereocenters. The topological polar surface area (TPSA) is 68.5 Å². The van der Waals surface area contributed by atoms with Crippen molar-refractivity contribution in [2.24, 2.45) is 0 Å². The molecule has 0 bridgehead atoms. The normalized spacial score (nSPS) is 10.9. The summed E-state index contributed by atoms with van der Waals surface area (Å²) in [5.74, 6) is 0.375. The van der Waals surface area contributed by atoms with Crippen LogP contribution in [0, 0.1) is 0 Å². The Morgan fingerprint density at radius 3 is 2.45 bits per heavy atom. The number of aromatic nitrogens is 3. The smallest absolute Gasteiger partial charge is 0.338 e. The third-order valence-corrected chi connectivity index (χ3v) is 5.21. The van der Waals surface area contributed by atoms with E-state index in [2.05, 4.69) is 15.3 Å².